The highest BCUT2D eigenvalue weighted by Gasteiger charge is 2.22. The molecule has 6 nitrogen and oxygen atoms in total. The molecule has 1 saturated heterocycles. The van der Waals surface area contributed by atoms with Crippen LogP contribution in [0, 0.1) is 5.92 Å². The van der Waals surface area contributed by atoms with E-state index in [0.717, 1.165) is 68.8 Å². The third kappa shape index (κ3) is 2.98. The van der Waals surface area contributed by atoms with Gasteiger partial charge in [-0.1, -0.05) is 0 Å². The fraction of sp³-hybridized carbons (Fsp3) is 0.529. The molecular formula is C17H21N5O. The Balaban J connectivity index is 1.41. The number of hydrogen-bond donors (Lipinski definition) is 0. The summed E-state index contributed by atoms with van der Waals surface area (Å²) < 4.78 is 1.69. The van der Waals surface area contributed by atoms with Gasteiger partial charge in [-0.3, -0.25) is 9.78 Å². The maximum Gasteiger partial charge on any atom is 0.267 e. The van der Waals surface area contributed by atoms with E-state index < -0.39 is 0 Å². The molecule has 0 radical (unpaired) electrons. The van der Waals surface area contributed by atoms with Crippen LogP contribution in [0.1, 0.15) is 30.5 Å². The predicted molar refractivity (Wildman–Crippen MR) is 87.5 cm³/mol. The lowest BCUT2D eigenvalue weighted by Gasteiger charge is -2.32. The van der Waals surface area contributed by atoms with Crippen LogP contribution in [0.2, 0.25) is 0 Å². The smallest absolute Gasteiger partial charge is 0.267 e. The SMILES string of the molecule is O=c1cc2c(nn1CC1CCN(c3cnccn3)CC1)CCC2. The highest BCUT2D eigenvalue weighted by molar-refractivity contribution is 5.35. The minimum atomic E-state index is 0.0574. The van der Waals surface area contributed by atoms with Crippen LogP contribution in [0.4, 0.5) is 5.82 Å². The van der Waals surface area contributed by atoms with Crippen molar-refractivity contribution < 1.29 is 0 Å². The molecule has 0 N–H and O–H groups in total. The van der Waals surface area contributed by atoms with Gasteiger partial charge in [0, 0.05) is 38.1 Å². The lowest BCUT2D eigenvalue weighted by Crippen LogP contribution is -2.37. The summed E-state index contributed by atoms with van der Waals surface area (Å²) in [6, 6.07) is 1.80. The number of aromatic nitrogens is 4. The molecule has 1 aliphatic heterocycles. The van der Waals surface area contributed by atoms with E-state index in [4.69, 9.17) is 0 Å². The normalized spacial score (nSPS) is 18.2. The molecule has 4 rings (SSSR count). The van der Waals surface area contributed by atoms with E-state index in [-0.39, 0.29) is 5.56 Å². The lowest BCUT2D eigenvalue weighted by atomic mass is 9.97. The van der Waals surface area contributed by atoms with Gasteiger partial charge in [-0.15, -0.1) is 0 Å². The van der Waals surface area contributed by atoms with E-state index in [2.05, 4.69) is 20.0 Å². The third-order valence-electron chi connectivity index (χ3n) is 4.94. The van der Waals surface area contributed by atoms with Gasteiger partial charge >= 0.3 is 0 Å². The minimum absolute atomic E-state index is 0.0574. The Hall–Kier alpha value is -2.24. The van der Waals surface area contributed by atoms with Crippen molar-refractivity contribution in [3.8, 4) is 0 Å². The largest absolute Gasteiger partial charge is 0.355 e. The summed E-state index contributed by atoms with van der Waals surface area (Å²) in [6.07, 6.45) is 10.5. The molecule has 0 amide bonds. The first-order chi connectivity index (χ1) is 11.3. The number of rotatable bonds is 3. The van der Waals surface area contributed by atoms with Gasteiger partial charge in [-0.2, -0.15) is 5.10 Å². The average molecular weight is 311 g/mol. The van der Waals surface area contributed by atoms with Gasteiger partial charge in [0.25, 0.3) is 5.56 Å². The second-order valence-corrected chi connectivity index (χ2v) is 6.48. The summed E-state index contributed by atoms with van der Waals surface area (Å²) in [5, 5.41) is 4.59. The molecule has 6 heteroatoms. The van der Waals surface area contributed by atoms with Crippen molar-refractivity contribution in [3.05, 3.63) is 46.3 Å². The monoisotopic (exact) mass is 311 g/mol. The number of aryl methyl sites for hydroxylation is 2. The summed E-state index contributed by atoms with van der Waals surface area (Å²) in [5.74, 6) is 1.45. The molecule has 0 saturated carbocycles. The molecule has 1 aliphatic carbocycles. The zero-order valence-corrected chi connectivity index (χ0v) is 13.2. The van der Waals surface area contributed by atoms with Crippen molar-refractivity contribution in [3.63, 3.8) is 0 Å². The van der Waals surface area contributed by atoms with Crippen LogP contribution in [0.15, 0.2) is 29.5 Å². The number of piperidine rings is 1. The zero-order chi connectivity index (χ0) is 15.6. The first-order valence-electron chi connectivity index (χ1n) is 8.40. The molecule has 0 atom stereocenters. The van der Waals surface area contributed by atoms with Gasteiger partial charge in [0.05, 0.1) is 11.9 Å². The maximum absolute atomic E-state index is 12.2. The summed E-state index contributed by atoms with van der Waals surface area (Å²) in [7, 11) is 0. The van der Waals surface area contributed by atoms with Gasteiger partial charge in [0.15, 0.2) is 0 Å². The summed E-state index contributed by atoms with van der Waals surface area (Å²) in [6.45, 7) is 2.66. The van der Waals surface area contributed by atoms with E-state index in [1.807, 2.05) is 6.20 Å². The minimum Gasteiger partial charge on any atom is -0.355 e. The molecule has 120 valence electrons. The van der Waals surface area contributed by atoms with Crippen LogP contribution in [-0.4, -0.2) is 32.8 Å². The number of nitrogens with zero attached hydrogens (tertiary/aromatic N) is 5. The molecule has 23 heavy (non-hydrogen) atoms. The van der Waals surface area contributed by atoms with Crippen LogP contribution in [0.3, 0.4) is 0 Å². The molecule has 3 heterocycles. The quantitative estimate of drug-likeness (QED) is 0.858. The number of fused-ring (bicyclic) bond motifs is 1. The Morgan fingerprint density at radius 2 is 2.04 bits per heavy atom. The van der Waals surface area contributed by atoms with Gasteiger partial charge in [-0.25, -0.2) is 9.67 Å². The van der Waals surface area contributed by atoms with E-state index in [9.17, 15) is 4.79 Å². The Labute approximate surface area is 135 Å². The molecule has 0 unspecified atom stereocenters. The molecule has 0 bridgehead atoms. The molecule has 2 aliphatic rings. The summed E-state index contributed by atoms with van der Waals surface area (Å²) in [5.41, 5.74) is 2.34. The zero-order valence-electron chi connectivity index (χ0n) is 13.2. The highest BCUT2D eigenvalue weighted by atomic mass is 16.1. The van der Waals surface area contributed by atoms with Crippen molar-refractivity contribution in [1.29, 1.82) is 0 Å². The van der Waals surface area contributed by atoms with E-state index in [1.54, 1.807) is 23.1 Å². The third-order valence-corrected chi connectivity index (χ3v) is 4.94. The molecule has 0 spiro atoms. The molecule has 0 aromatic carbocycles. The summed E-state index contributed by atoms with van der Waals surface area (Å²) >= 11 is 0. The number of hydrogen-bond acceptors (Lipinski definition) is 5. The Morgan fingerprint density at radius 1 is 1.17 bits per heavy atom. The van der Waals surface area contributed by atoms with Crippen LogP contribution in [0.5, 0.6) is 0 Å². The topological polar surface area (TPSA) is 63.9 Å². The Morgan fingerprint density at radius 3 is 2.83 bits per heavy atom. The maximum atomic E-state index is 12.2. The van der Waals surface area contributed by atoms with Crippen LogP contribution >= 0.6 is 0 Å². The van der Waals surface area contributed by atoms with Crippen LogP contribution in [0.25, 0.3) is 0 Å². The number of anilines is 1. The fourth-order valence-corrected chi connectivity index (χ4v) is 3.61. The molecule has 2 aromatic rings. The van der Waals surface area contributed by atoms with Crippen molar-refractivity contribution in [2.45, 2.75) is 38.6 Å². The predicted octanol–water partition coefficient (Wildman–Crippen LogP) is 1.44. The second kappa shape index (κ2) is 6.10. The van der Waals surface area contributed by atoms with Gasteiger partial charge in [0.2, 0.25) is 0 Å². The van der Waals surface area contributed by atoms with Crippen LogP contribution < -0.4 is 10.5 Å². The Kier molecular flexibility index (Phi) is 3.81. The van der Waals surface area contributed by atoms with Crippen LogP contribution in [-0.2, 0) is 19.4 Å². The van der Waals surface area contributed by atoms with Crippen molar-refractivity contribution in [2.75, 3.05) is 18.0 Å². The van der Waals surface area contributed by atoms with Gasteiger partial charge < -0.3 is 4.90 Å². The first kappa shape index (κ1) is 14.4. The fourth-order valence-electron chi connectivity index (χ4n) is 3.61. The average Bonchev–Trinajstić information content (AvgIpc) is 3.04. The molecule has 2 aromatic heterocycles. The van der Waals surface area contributed by atoms with Crippen molar-refractivity contribution in [1.82, 2.24) is 19.7 Å². The van der Waals surface area contributed by atoms with E-state index in [1.165, 1.54) is 0 Å². The standard InChI is InChI=1S/C17H21N5O/c23-17-10-14-2-1-3-15(14)20-22(17)12-13-4-8-21(9-5-13)16-11-18-6-7-19-16/h6-7,10-11,13H,1-5,8-9,12H2. The molecule has 1 fully saturated rings. The molecular weight excluding hydrogens is 290 g/mol. The second-order valence-electron chi connectivity index (χ2n) is 6.48. The first-order valence-corrected chi connectivity index (χ1v) is 8.40. The van der Waals surface area contributed by atoms with Gasteiger partial charge in [0.1, 0.15) is 5.82 Å². The van der Waals surface area contributed by atoms with Gasteiger partial charge in [-0.05, 0) is 43.6 Å². The van der Waals surface area contributed by atoms with E-state index >= 15 is 0 Å². The Bertz CT molecular complexity index is 734. The van der Waals surface area contributed by atoms with Crippen molar-refractivity contribution in [2.24, 2.45) is 5.92 Å². The summed E-state index contributed by atoms with van der Waals surface area (Å²) in [4.78, 5) is 23.0. The van der Waals surface area contributed by atoms with Crippen molar-refractivity contribution >= 4 is 5.82 Å². The highest BCUT2D eigenvalue weighted by Crippen LogP contribution is 2.22. The lowest BCUT2D eigenvalue weighted by molar-refractivity contribution is 0.333. The van der Waals surface area contributed by atoms with E-state index in [0.29, 0.717) is 5.92 Å².